The molecule has 0 saturated heterocycles. The molecule has 0 radical (unpaired) electrons. The van der Waals surface area contributed by atoms with Crippen molar-refractivity contribution in [3.05, 3.63) is 66.0 Å². The van der Waals surface area contributed by atoms with Crippen LogP contribution in [0.25, 0.3) is 11.1 Å². The lowest BCUT2D eigenvalue weighted by atomic mass is 10.0. The molecule has 0 atom stereocenters. The number of ether oxygens (including phenoxy) is 2. The third-order valence-electron chi connectivity index (χ3n) is 6.66. The van der Waals surface area contributed by atoms with Crippen LogP contribution in [0.3, 0.4) is 0 Å². The second-order valence-electron chi connectivity index (χ2n) is 11.1. The van der Waals surface area contributed by atoms with Crippen molar-refractivity contribution in [3.8, 4) is 16.9 Å². The van der Waals surface area contributed by atoms with Gasteiger partial charge in [-0.05, 0) is 88.4 Å². The van der Waals surface area contributed by atoms with Gasteiger partial charge in [0.15, 0.2) is 0 Å². The Kier molecular flexibility index (Phi) is 10.3. The van der Waals surface area contributed by atoms with Crippen LogP contribution in [0.5, 0.6) is 5.75 Å². The molecular formula is C31H38F5N3O3. The topological polar surface area (TPSA) is 56.6 Å². The number of carbonyl (C=O) groups excluding carboxylic acids is 1. The van der Waals surface area contributed by atoms with E-state index >= 15 is 0 Å². The third-order valence-corrected chi connectivity index (χ3v) is 6.66. The lowest BCUT2D eigenvalue weighted by molar-refractivity contribution is -0.243. The molecule has 3 aromatic rings. The summed E-state index contributed by atoms with van der Waals surface area (Å²) in [5, 5.41) is 4.14. The summed E-state index contributed by atoms with van der Waals surface area (Å²) in [5.74, 6) is -2.31. The van der Waals surface area contributed by atoms with Crippen LogP contribution in [-0.4, -0.2) is 40.3 Å². The van der Waals surface area contributed by atoms with Crippen molar-refractivity contribution in [2.45, 2.75) is 84.1 Å². The average molecular weight is 596 g/mol. The van der Waals surface area contributed by atoms with Gasteiger partial charge in [-0.3, -0.25) is 9.58 Å². The fourth-order valence-corrected chi connectivity index (χ4v) is 4.32. The number of hydrogen-bond acceptors (Lipinski definition) is 4. The van der Waals surface area contributed by atoms with Gasteiger partial charge in [-0.15, -0.1) is 0 Å². The predicted molar refractivity (Wildman–Crippen MR) is 152 cm³/mol. The Labute approximate surface area is 243 Å². The molecule has 42 heavy (non-hydrogen) atoms. The highest BCUT2D eigenvalue weighted by Crippen LogP contribution is 2.35. The first kappa shape index (κ1) is 32.9. The normalized spacial score (nSPS) is 12.5. The number of anilines is 1. The molecule has 0 saturated carbocycles. The molecule has 1 aromatic heterocycles. The monoisotopic (exact) mass is 595 g/mol. The molecule has 0 aliphatic heterocycles. The summed E-state index contributed by atoms with van der Waals surface area (Å²) in [4.78, 5) is 14.3. The maximum atomic E-state index is 13.7. The van der Waals surface area contributed by atoms with Crippen LogP contribution in [0.15, 0.2) is 54.6 Å². The van der Waals surface area contributed by atoms with E-state index in [-0.39, 0.29) is 18.3 Å². The molecule has 11 heteroatoms. The van der Waals surface area contributed by atoms with Gasteiger partial charge in [-0.2, -0.15) is 27.1 Å². The first-order valence-electron chi connectivity index (χ1n) is 13.8. The molecule has 6 nitrogen and oxygen atoms in total. The minimum atomic E-state index is -4.76. The van der Waals surface area contributed by atoms with Crippen molar-refractivity contribution >= 4 is 11.8 Å². The van der Waals surface area contributed by atoms with Gasteiger partial charge in [0, 0.05) is 26.2 Å². The minimum Gasteiger partial charge on any atom is -0.491 e. The van der Waals surface area contributed by atoms with E-state index in [0.717, 1.165) is 36.6 Å². The summed E-state index contributed by atoms with van der Waals surface area (Å²) in [7, 11) is 1.46. The molecule has 1 heterocycles. The van der Waals surface area contributed by atoms with E-state index in [1.807, 2.05) is 44.2 Å². The Balaban J connectivity index is 1.75. The third kappa shape index (κ3) is 8.69. The number of hydrogen-bond donors (Lipinski definition) is 0. The lowest BCUT2D eigenvalue weighted by Crippen LogP contribution is -2.47. The van der Waals surface area contributed by atoms with Crippen molar-refractivity contribution in [1.29, 1.82) is 0 Å². The molecule has 0 aliphatic rings. The number of aromatic nitrogens is 2. The van der Waals surface area contributed by atoms with Crippen LogP contribution >= 0.6 is 0 Å². The van der Waals surface area contributed by atoms with Crippen molar-refractivity contribution < 1.29 is 36.2 Å². The van der Waals surface area contributed by atoms with Crippen LogP contribution in [0.2, 0.25) is 0 Å². The minimum absolute atomic E-state index is 0.0159. The van der Waals surface area contributed by atoms with E-state index < -0.39 is 23.8 Å². The zero-order valence-electron chi connectivity index (χ0n) is 24.8. The standard InChI is InChI=1S/C31H38F5N3O3/c1-21(2)41-26-16-14-22(15-17-26)23-11-10-13-25(19-23)39(28(40)42-29(3,4)31(34,35)36)18-9-7-8-12-24-20-27(30(5,32)33)38(6)37-24/h10-11,13-17,19-21H,7-9,12,18H2,1-6H3. The molecule has 0 N–H and O–H groups in total. The van der Waals surface area contributed by atoms with Gasteiger partial charge >= 0.3 is 12.3 Å². The maximum Gasteiger partial charge on any atom is 0.427 e. The van der Waals surface area contributed by atoms with E-state index in [1.54, 1.807) is 18.2 Å². The SMILES string of the molecule is CC(C)Oc1ccc(-c2cccc(N(CCCCCc3cc(C(C)(F)F)n(C)n3)C(=O)OC(C)(C)C(F)(F)F)c2)cc1. The smallest absolute Gasteiger partial charge is 0.427 e. The van der Waals surface area contributed by atoms with Gasteiger partial charge in [0.25, 0.3) is 5.92 Å². The number of aryl methyl sites for hydroxylation is 2. The predicted octanol–water partition coefficient (Wildman–Crippen LogP) is 8.68. The summed E-state index contributed by atoms with van der Waals surface area (Å²) in [5.41, 5.74) is -0.364. The molecule has 3 rings (SSSR count). The molecular weight excluding hydrogens is 557 g/mol. The fourth-order valence-electron chi connectivity index (χ4n) is 4.32. The van der Waals surface area contributed by atoms with Gasteiger partial charge in [0.05, 0.1) is 11.8 Å². The second-order valence-corrected chi connectivity index (χ2v) is 11.1. The highest BCUT2D eigenvalue weighted by Gasteiger charge is 2.51. The van der Waals surface area contributed by atoms with Crippen LogP contribution in [0.1, 0.15) is 65.3 Å². The number of amides is 1. The van der Waals surface area contributed by atoms with Gasteiger partial charge in [-0.25, -0.2) is 4.79 Å². The van der Waals surface area contributed by atoms with Gasteiger partial charge in [0.1, 0.15) is 11.4 Å². The largest absolute Gasteiger partial charge is 0.491 e. The summed E-state index contributed by atoms with van der Waals surface area (Å²) in [6.07, 6.45) is -3.80. The molecule has 0 aliphatic carbocycles. The lowest BCUT2D eigenvalue weighted by Gasteiger charge is -2.31. The van der Waals surface area contributed by atoms with Gasteiger partial charge in [-0.1, -0.05) is 30.7 Å². The molecule has 1 amide bonds. The number of alkyl halides is 5. The van der Waals surface area contributed by atoms with Crippen molar-refractivity contribution in [2.75, 3.05) is 11.4 Å². The Bertz CT molecular complexity index is 1330. The maximum absolute atomic E-state index is 13.7. The van der Waals surface area contributed by atoms with E-state index in [9.17, 15) is 26.7 Å². The van der Waals surface area contributed by atoms with E-state index in [4.69, 9.17) is 9.47 Å². The van der Waals surface area contributed by atoms with Gasteiger partial charge < -0.3 is 9.47 Å². The first-order chi connectivity index (χ1) is 19.5. The molecule has 230 valence electrons. The van der Waals surface area contributed by atoms with Crippen LogP contribution < -0.4 is 9.64 Å². The number of benzene rings is 2. The molecule has 2 aromatic carbocycles. The van der Waals surface area contributed by atoms with E-state index in [1.165, 1.54) is 18.0 Å². The van der Waals surface area contributed by atoms with Crippen molar-refractivity contribution in [3.63, 3.8) is 0 Å². The highest BCUT2D eigenvalue weighted by molar-refractivity contribution is 5.89. The number of nitrogens with zero attached hydrogens (tertiary/aromatic N) is 3. The number of halogens is 5. The summed E-state index contributed by atoms with van der Waals surface area (Å²) >= 11 is 0. The summed E-state index contributed by atoms with van der Waals surface area (Å²) in [6, 6.07) is 15.7. The Hall–Kier alpha value is -3.63. The van der Waals surface area contributed by atoms with Crippen molar-refractivity contribution in [2.24, 2.45) is 7.05 Å². The number of unbranched alkanes of at least 4 members (excludes halogenated alkanes) is 2. The zero-order valence-corrected chi connectivity index (χ0v) is 24.8. The van der Waals surface area contributed by atoms with Gasteiger partial charge in [0.2, 0.25) is 5.60 Å². The number of rotatable bonds is 12. The Morgan fingerprint density at radius 2 is 1.60 bits per heavy atom. The summed E-state index contributed by atoms with van der Waals surface area (Å²) < 4.78 is 79.7. The molecule has 0 bridgehead atoms. The Morgan fingerprint density at radius 3 is 2.17 bits per heavy atom. The number of carbonyl (C=O) groups is 1. The molecule has 0 spiro atoms. The average Bonchev–Trinajstić information content (AvgIpc) is 3.26. The molecule has 0 unspecified atom stereocenters. The van der Waals surface area contributed by atoms with E-state index in [0.29, 0.717) is 42.8 Å². The van der Waals surface area contributed by atoms with Crippen LogP contribution in [-0.2, 0) is 24.1 Å². The highest BCUT2D eigenvalue weighted by atomic mass is 19.4. The first-order valence-corrected chi connectivity index (χ1v) is 13.8. The zero-order chi connectivity index (χ0) is 31.3. The van der Waals surface area contributed by atoms with E-state index in [2.05, 4.69) is 5.10 Å². The van der Waals surface area contributed by atoms with Crippen LogP contribution in [0.4, 0.5) is 32.4 Å². The molecule has 0 fully saturated rings. The fraction of sp³-hybridized carbons (Fsp3) is 0.484. The summed E-state index contributed by atoms with van der Waals surface area (Å²) in [6.45, 7) is 6.37. The van der Waals surface area contributed by atoms with Crippen molar-refractivity contribution in [1.82, 2.24) is 9.78 Å². The Morgan fingerprint density at radius 1 is 0.929 bits per heavy atom. The second kappa shape index (κ2) is 13.1. The van der Waals surface area contributed by atoms with Crippen LogP contribution in [0, 0.1) is 0 Å². The quantitative estimate of drug-likeness (QED) is 0.155.